The average Bonchev–Trinajstić information content (AvgIpc) is 2.98. The number of hydrogen-bond acceptors (Lipinski definition) is 3. The third-order valence-corrected chi connectivity index (χ3v) is 3.78. The van der Waals surface area contributed by atoms with Crippen LogP contribution in [0.4, 0.5) is 0 Å². The van der Waals surface area contributed by atoms with Crippen LogP contribution in [0.3, 0.4) is 0 Å². The maximum atomic E-state index is 6.22. The van der Waals surface area contributed by atoms with Crippen LogP contribution in [0.5, 0.6) is 0 Å². The molecule has 0 radical (unpaired) electrons. The minimum Gasteiger partial charge on any atom is -0.156 e. The van der Waals surface area contributed by atoms with E-state index in [-0.39, 0.29) is 6.04 Å². The highest BCUT2D eigenvalue weighted by Crippen LogP contribution is 2.25. The van der Waals surface area contributed by atoms with Crippen molar-refractivity contribution in [1.82, 2.24) is 20.2 Å². The van der Waals surface area contributed by atoms with Gasteiger partial charge in [-0.05, 0) is 30.7 Å². The van der Waals surface area contributed by atoms with Gasteiger partial charge in [-0.1, -0.05) is 59.6 Å². The highest BCUT2D eigenvalue weighted by atomic mass is 35.5. The lowest BCUT2D eigenvalue weighted by atomic mass is 10.1. The minimum absolute atomic E-state index is 0.0644. The van der Waals surface area contributed by atoms with Crippen molar-refractivity contribution >= 4 is 11.6 Å². The van der Waals surface area contributed by atoms with Gasteiger partial charge in [-0.25, -0.2) is 0 Å². The van der Waals surface area contributed by atoms with Gasteiger partial charge < -0.3 is 0 Å². The lowest BCUT2D eigenvalue weighted by Crippen LogP contribution is -2.11. The van der Waals surface area contributed by atoms with E-state index in [1.165, 1.54) is 5.56 Å². The number of aromatic nitrogens is 4. The van der Waals surface area contributed by atoms with Gasteiger partial charge in [0.15, 0.2) is 0 Å². The molecule has 4 nitrogen and oxygen atoms in total. The zero-order valence-corrected chi connectivity index (χ0v) is 12.6. The van der Waals surface area contributed by atoms with Crippen LogP contribution in [0.2, 0.25) is 5.02 Å². The first kappa shape index (κ1) is 13.8. The fourth-order valence-electron chi connectivity index (χ4n) is 2.15. The Bertz CT molecular complexity index is 749. The van der Waals surface area contributed by atoms with Crippen molar-refractivity contribution < 1.29 is 0 Å². The van der Waals surface area contributed by atoms with Gasteiger partial charge in [0.05, 0.1) is 6.04 Å². The quantitative estimate of drug-likeness (QED) is 0.736. The second kappa shape index (κ2) is 5.66. The Morgan fingerprint density at radius 1 is 1.05 bits per heavy atom. The lowest BCUT2D eigenvalue weighted by molar-refractivity contribution is 0.481. The Kier molecular flexibility index (Phi) is 3.71. The summed E-state index contributed by atoms with van der Waals surface area (Å²) in [7, 11) is 0. The van der Waals surface area contributed by atoms with Gasteiger partial charge in [0, 0.05) is 10.6 Å². The summed E-state index contributed by atoms with van der Waals surface area (Å²) in [5.74, 6) is 0.619. The molecule has 0 unspecified atom stereocenters. The van der Waals surface area contributed by atoms with Crippen molar-refractivity contribution in [1.29, 1.82) is 0 Å². The molecule has 0 aliphatic rings. The van der Waals surface area contributed by atoms with Gasteiger partial charge in [-0.3, -0.25) is 0 Å². The molecule has 106 valence electrons. The van der Waals surface area contributed by atoms with E-state index in [2.05, 4.69) is 15.4 Å². The van der Waals surface area contributed by atoms with E-state index in [9.17, 15) is 0 Å². The van der Waals surface area contributed by atoms with Crippen molar-refractivity contribution in [2.45, 2.75) is 19.9 Å². The molecule has 0 bridgehead atoms. The van der Waals surface area contributed by atoms with E-state index in [4.69, 9.17) is 11.6 Å². The normalized spacial score (nSPS) is 12.3. The van der Waals surface area contributed by atoms with Crippen LogP contribution >= 0.6 is 11.6 Å². The number of nitrogens with zero attached hydrogens (tertiary/aromatic N) is 4. The van der Waals surface area contributed by atoms with Gasteiger partial charge in [-0.15, -0.1) is 10.2 Å². The summed E-state index contributed by atoms with van der Waals surface area (Å²) in [5, 5.41) is 13.5. The third kappa shape index (κ3) is 2.81. The number of hydrogen-bond donors (Lipinski definition) is 0. The smallest absolute Gasteiger partial charge is 0.156 e. The molecule has 1 atom stereocenters. The van der Waals surface area contributed by atoms with E-state index in [1.54, 1.807) is 4.80 Å². The molecule has 1 aromatic heterocycles. The van der Waals surface area contributed by atoms with Gasteiger partial charge >= 0.3 is 0 Å². The van der Waals surface area contributed by atoms with E-state index >= 15 is 0 Å². The van der Waals surface area contributed by atoms with Crippen LogP contribution < -0.4 is 0 Å². The number of rotatable bonds is 3. The lowest BCUT2D eigenvalue weighted by Gasteiger charge is -2.11. The first-order chi connectivity index (χ1) is 10.1. The molecular weight excluding hydrogens is 284 g/mol. The Morgan fingerprint density at radius 3 is 2.48 bits per heavy atom. The molecule has 0 spiro atoms. The zero-order chi connectivity index (χ0) is 14.8. The first-order valence-corrected chi connectivity index (χ1v) is 7.14. The molecule has 3 rings (SSSR count). The summed E-state index contributed by atoms with van der Waals surface area (Å²) in [4.78, 5) is 1.59. The summed E-state index contributed by atoms with van der Waals surface area (Å²) >= 11 is 6.22. The second-order valence-electron chi connectivity index (χ2n) is 5.00. The Labute approximate surface area is 128 Å². The fraction of sp³-hybridized carbons (Fsp3) is 0.188. The number of tetrazole rings is 1. The molecule has 0 aliphatic carbocycles. The minimum atomic E-state index is -0.0644. The van der Waals surface area contributed by atoms with Crippen LogP contribution in [0.1, 0.15) is 24.1 Å². The molecule has 0 aliphatic heterocycles. The number of benzene rings is 2. The largest absolute Gasteiger partial charge is 0.204 e. The van der Waals surface area contributed by atoms with E-state index in [0.29, 0.717) is 10.8 Å². The van der Waals surface area contributed by atoms with E-state index < -0.39 is 0 Å². The maximum Gasteiger partial charge on any atom is 0.204 e. The maximum absolute atomic E-state index is 6.22. The predicted octanol–water partition coefficient (Wildman–Crippen LogP) is 3.91. The number of halogens is 1. The topological polar surface area (TPSA) is 43.6 Å². The molecule has 1 heterocycles. The summed E-state index contributed by atoms with van der Waals surface area (Å²) in [6, 6.07) is 15.7. The van der Waals surface area contributed by atoms with Crippen LogP contribution in [0.15, 0.2) is 48.5 Å². The highest BCUT2D eigenvalue weighted by molar-refractivity contribution is 6.31. The molecule has 5 heteroatoms. The van der Waals surface area contributed by atoms with Crippen molar-refractivity contribution in [3.8, 4) is 11.4 Å². The van der Waals surface area contributed by atoms with E-state index in [1.807, 2.05) is 62.4 Å². The van der Waals surface area contributed by atoms with Gasteiger partial charge in [0.1, 0.15) is 0 Å². The molecule has 0 saturated heterocycles. The molecular formula is C16H15ClN4. The Hall–Kier alpha value is -2.20. The van der Waals surface area contributed by atoms with Crippen molar-refractivity contribution in [3.05, 3.63) is 64.7 Å². The summed E-state index contributed by atoms with van der Waals surface area (Å²) < 4.78 is 0. The fourth-order valence-corrected chi connectivity index (χ4v) is 2.44. The van der Waals surface area contributed by atoms with Gasteiger partial charge in [0.2, 0.25) is 5.82 Å². The first-order valence-electron chi connectivity index (χ1n) is 6.76. The standard InChI is InChI=1S/C16H15ClN4/c1-11-7-9-13(10-8-11)16-18-20-21(19-16)12(2)14-5-3-4-6-15(14)17/h3-10,12H,1-2H3/t12-/m0/s1. The average molecular weight is 299 g/mol. The second-order valence-corrected chi connectivity index (χ2v) is 5.40. The zero-order valence-electron chi connectivity index (χ0n) is 11.9. The van der Waals surface area contributed by atoms with Crippen LogP contribution in [-0.2, 0) is 0 Å². The Balaban J connectivity index is 1.91. The van der Waals surface area contributed by atoms with Crippen molar-refractivity contribution in [2.75, 3.05) is 0 Å². The molecule has 0 fully saturated rings. The van der Waals surface area contributed by atoms with Gasteiger partial charge in [0.25, 0.3) is 0 Å². The van der Waals surface area contributed by atoms with Gasteiger partial charge in [-0.2, -0.15) is 4.80 Å². The van der Waals surface area contributed by atoms with Crippen molar-refractivity contribution in [3.63, 3.8) is 0 Å². The SMILES string of the molecule is Cc1ccc(-c2nnn([C@@H](C)c3ccccc3Cl)n2)cc1. The van der Waals surface area contributed by atoms with Crippen LogP contribution in [-0.4, -0.2) is 20.2 Å². The number of aryl methyl sites for hydroxylation is 1. The molecule has 0 amide bonds. The molecule has 2 aromatic carbocycles. The monoisotopic (exact) mass is 298 g/mol. The summed E-state index contributed by atoms with van der Waals surface area (Å²) in [5.41, 5.74) is 3.14. The predicted molar refractivity (Wildman–Crippen MR) is 83.3 cm³/mol. The molecule has 0 saturated carbocycles. The third-order valence-electron chi connectivity index (χ3n) is 3.44. The highest BCUT2D eigenvalue weighted by Gasteiger charge is 2.15. The van der Waals surface area contributed by atoms with Crippen LogP contribution in [0, 0.1) is 6.92 Å². The van der Waals surface area contributed by atoms with Crippen molar-refractivity contribution in [2.24, 2.45) is 0 Å². The van der Waals surface area contributed by atoms with Crippen LogP contribution in [0.25, 0.3) is 11.4 Å². The summed E-state index contributed by atoms with van der Waals surface area (Å²) in [6.45, 7) is 4.05. The molecule has 3 aromatic rings. The summed E-state index contributed by atoms with van der Waals surface area (Å²) in [6.07, 6.45) is 0. The molecule has 0 N–H and O–H groups in total. The molecule has 21 heavy (non-hydrogen) atoms. The Morgan fingerprint density at radius 2 is 1.76 bits per heavy atom. The van der Waals surface area contributed by atoms with E-state index in [0.717, 1.165) is 11.1 Å².